The quantitative estimate of drug-likeness (QED) is 0.135. The summed E-state index contributed by atoms with van der Waals surface area (Å²) >= 11 is 0. The Morgan fingerprint density at radius 3 is 1.59 bits per heavy atom. The second kappa shape index (κ2) is 13.1. The summed E-state index contributed by atoms with van der Waals surface area (Å²) < 4.78 is 2.07. The monoisotopic (exact) mass is 704 g/mol. The molecule has 10 nitrogen and oxygen atoms in total. The van der Waals surface area contributed by atoms with Gasteiger partial charge in [-0.1, -0.05) is 109 Å². The van der Waals surface area contributed by atoms with Crippen molar-refractivity contribution in [3.05, 3.63) is 195 Å². The van der Waals surface area contributed by atoms with E-state index >= 15 is 0 Å². The van der Waals surface area contributed by atoms with E-state index in [2.05, 4.69) is 9.55 Å². The minimum absolute atomic E-state index is 0.124. The number of hydrogen-bond acceptors (Lipinski definition) is 6. The molecule has 7 aromatic rings. The van der Waals surface area contributed by atoms with Crippen LogP contribution in [0, 0.1) is 20.2 Å². The van der Waals surface area contributed by atoms with Crippen molar-refractivity contribution in [3.8, 4) is 39.1 Å². The van der Waals surface area contributed by atoms with Gasteiger partial charge in [0.2, 0.25) is 0 Å². The number of para-hydroxylation sites is 1. The molecular weight excluding hydrogens is 677 g/mol. The SMILES string of the molecule is O=[N+]([O-])C1=C([N+](=O)[O-])c2nc1cc1ccc(cc3nc(cc4c(-c5ccccc5)c(-c5ccccc5)c(c2-c2ccccc2)n4-c2ccccc2)C=C3)[nH]1. The lowest BCUT2D eigenvalue weighted by Gasteiger charge is -2.13. The molecule has 258 valence electrons. The van der Waals surface area contributed by atoms with E-state index in [1.54, 1.807) is 6.07 Å². The second-order valence-electron chi connectivity index (χ2n) is 12.8. The van der Waals surface area contributed by atoms with Crippen LogP contribution in [0.2, 0.25) is 0 Å². The zero-order chi connectivity index (χ0) is 36.8. The van der Waals surface area contributed by atoms with Gasteiger partial charge in [0.1, 0.15) is 0 Å². The third-order valence-corrected chi connectivity index (χ3v) is 9.47. The molecule has 10 heteroatoms. The predicted octanol–water partition coefficient (Wildman–Crippen LogP) is 10.3. The third-order valence-electron chi connectivity index (χ3n) is 9.47. The molecule has 1 N–H and O–H groups in total. The number of rotatable bonds is 6. The summed E-state index contributed by atoms with van der Waals surface area (Å²) in [6, 6.07) is 47.7. The molecule has 2 aliphatic rings. The van der Waals surface area contributed by atoms with Crippen molar-refractivity contribution in [1.82, 2.24) is 19.5 Å². The molecule has 0 radical (unpaired) electrons. The fourth-order valence-electron chi connectivity index (χ4n) is 7.27. The fourth-order valence-corrected chi connectivity index (χ4v) is 7.27. The average molecular weight is 705 g/mol. The molecule has 0 fully saturated rings. The van der Waals surface area contributed by atoms with Crippen LogP contribution in [-0.2, 0) is 0 Å². The Labute approximate surface area is 308 Å². The van der Waals surface area contributed by atoms with Gasteiger partial charge in [0.15, 0.2) is 11.4 Å². The Kier molecular flexibility index (Phi) is 7.82. The highest BCUT2D eigenvalue weighted by atomic mass is 16.6. The zero-order valence-corrected chi connectivity index (χ0v) is 28.5. The minimum Gasteiger partial charge on any atom is -0.355 e. The van der Waals surface area contributed by atoms with Gasteiger partial charge in [-0.15, -0.1) is 0 Å². The van der Waals surface area contributed by atoms with E-state index < -0.39 is 21.2 Å². The molecule has 0 saturated carbocycles. The van der Waals surface area contributed by atoms with Gasteiger partial charge in [-0.2, -0.15) is 0 Å². The van der Waals surface area contributed by atoms with Crippen LogP contribution in [-0.4, -0.2) is 29.4 Å². The van der Waals surface area contributed by atoms with E-state index in [1.165, 1.54) is 6.07 Å². The number of H-pyrrole nitrogens is 1. The maximum Gasteiger partial charge on any atom is 0.374 e. The van der Waals surface area contributed by atoms with Crippen molar-refractivity contribution in [3.63, 3.8) is 0 Å². The van der Waals surface area contributed by atoms with Crippen LogP contribution >= 0.6 is 0 Å². The van der Waals surface area contributed by atoms with E-state index in [1.807, 2.05) is 152 Å². The lowest BCUT2D eigenvalue weighted by Crippen LogP contribution is -2.05. The summed E-state index contributed by atoms with van der Waals surface area (Å²) in [6.07, 6.45) is 3.89. The van der Waals surface area contributed by atoms with E-state index in [-0.39, 0.29) is 11.4 Å². The first kappa shape index (κ1) is 32.2. The van der Waals surface area contributed by atoms with E-state index in [9.17, 15) is 20.2 Å². The zero-order valence-electron chi connectivity index (χ0n) is 28.5. The number of fused-ring (bicyclic) bond motifs is 8. The predicted molar refractivity (Wildman–Crippen MR) is 212 cm³/mol. The van der Waals surface area contributed by atoms with Crippen LogP contribution in [0.1, 0.15) is 22.8 Å². The van der Waals surface area contributed by atoms with Gasteiger partial charge in [-0.05, 0) is 71.3 Å². The Bertz CT molecular complexity index is 2860. The third kappa shape index (κ3) is 5.55. The van der Waals surface area contributed by atoms with Crippen LogP contribution in [0.15, 0.2) is 152 Å². The van der Waals surface area contributed by atoms with Crippen molar-refractivity contribution in [2.24, 2.45) is 0 Å². The van der Waals surface area contributed by atoms with E-state index in [4.69, 9.17) is 9.97 Å². The lowest BCUT2D eigenvalue weighted by molar-refractivity contribution is -0.405. The Morgan fingerprint density at radius 2 is 1.02 bits per heavy atom. The highest BCUT2D eigenvalue weighted by molar-refractivity contribution is 6.11. The van der Waals surface area contributed by atoms with Gasteiger partial charge in [-0.3, -0.25) is 20.2 Å². The van der Waals surface area contributed by atoms with Crippen molar-refractivity contribution in [2.45, 2.75) is 0 Å². The van der Waals surface area contributed by atoms with Crippen LogP contribution in [0.4, 0.5) is 0 Å². The maximum atomic E-state index is 13.2. The summed E-state index contributed by atoms with van der Waals surface area (Å²) in [5.74, 6) is 0. The van der Waals surface area contributed by atoms with Gasteiger partial charge in [-0.25, -0.2) is 9.97 Å². The molecule has 0 aliphatic carbocycles. The van der Waals surface area contributed by atoms with Gasteiger partial charge in [0.25, 0.3) is 0 Å². The first-order valence-corrected chi connectivity index (χ1v) is 17.2. The standard InChI is InChI=1S/C44H28N6O4/c51-49(52)42-36-26-33-23-21-31(45-33)25-32-22-24-34(46-32)27-37-38(28-13-5-1-6-14-28)39(29-15-7-2-8-16-29)43(48(37)35-19-11-4-12-20-35)40(30-17-9-3-10-18-30)41(47-36)44(42)50(53)54/h1-27,45H. The smallest absolute Gasteiger partial charge is 0.355 e. The van der Waals surface area contributed by atoms with E-state index in [0.717, 1.165) is 33.5 Å². The molecule has 4 aromatic carbocycles. The molecule has 0 saturated heterocycles. The normalized spacial score (nSPS) is 12.2. The van der Waals surface area contributed by atoms with Crippen molar-refractivity contribution < 1.29 is 9.85 Å². The molecule has 54 heavy (non-hydrogen) atoms. The van der Waals surface area contributed by atoms with Crippen LogP contribution in [0.25, 0.3) is 84.7 Å². The summed E-state index contributed by atoms with van der Waals surface area (Å²) in [6.45, 7) is 0. The first-order chi connectivity index (χ1) is 26.4. The lowest BCUT2D eigenvalue weighted by atomic mass is 9.92. The molecule has 0 amide bonds. The summed E-state index contributed by atoms with van der Waals surface area (Å²) in [5.41, 5.74) is 7.30. The minimum atomic E-state index is -0.717. The molecule has 3 aromatic heterocycles. The van der Waals surface area contributed by atoms with Crippen LogP contribution < -0.4 is 0 Å². The molecule has 9 rings (SSSR count). The summed E-state index contributed by atoms with van der Waals surface area (Å²) in [5, 5.41) is 26.1. The molecule has 0 unspecified atom stereocenters. The molecule has 2 aliphatic heterocycles. The number of benzene rings is 4. The number of aromatic nitrogens is 4. The highest BCUT2D eigenvalue weighted by Gasteiger charge is 2.42. The Morgan fingerprint density at radius 1 is 0.519 bits per heavy atom. The average Bonchev–Trinajstić information content (AvgIpc) is 3.99. The number of nitrogens with zero attached hydrogens (tertiary/aromatic N) is 5. The number of aromatic amines is 1. The first-order valence-electron chi connectivity index (χ1n) is 17.2. The maximum absolute atomic E-state index is 13.2. The van der Waals surface area contributed by atoms with Gasteiger partial charge < -0.3 is 9.55 Å². The van der Waals surface area contributed by atoms with Gasteiger partial charge in [0.05, 0.1) is 32.3 Å². The van der Waals surface area contributed by atoms with Crippen molar-refractivity contribution >= 4 is 45.6 Å². The second-order valence-corrected chi connectivity index (χ2v) is 12.8. The summed E-state index contributed by atoms with van der Waals surface area (Å²) in [4.78, 5) is 37.8. The fraction of sp³-hybridized carbons (Fsp3) is 0. The van der Waals surface area contributed by atoms with Crippen molar-refractivity contribution in [1.29, 1.82) is 0 Å². The molecule has 8 bridgehead atoms. The van der Waals surface area contributed by atoms with Crippen molar-refractivity contribution in [2.75, 3.05) is 0 Å². The van der Waals surface area contributed by atoms with Crippen LogP contribution in [0.3, 0.4) is 0 Å². The molecular formula is C44H28N6O4. The topological polar surface area (TPSA) is 133 Å². The number of hydrogen-bond donors (Lipinski definition) is 1. The molecule has 5 heterocycles. The van der Waals surface area contributed by atoms with Gasteiger partial charge in [0, 0.05) is 33.4 Å². The summed E-state index contributed by atoms with van der Waals surface area (Å²) in [7, 11) is 0. The molecule has 0 atom stereocenters. The molecule has 0 spiro atoms. The van der Waals surface area contributed by atoms with Crippen LogP contribution in [0.5, 0.6) is 0 Å². The van der Waals surface area contributed by atoms with Gasteiger partial charge >= 0.3 is 11.4 Å². The highest BCUT2D eigenvalue weighted by Crippen LogP contribution is 2.48. The Hall–Kier alpha value is -7.72. The largest absolute Gasteiger partial charge is 0.374 e. The van der Waals surface area contributed by atoms with E-state index in [0.29, 0.717) is 39.1 Å². The number of nitrogens with one attached hydrogen (secondary N) is 1. The number of nitro groups is 2. The Balaban J connectivity index is 1.67.